The molecule has 1 saturated heterocycles. The predicted octanol–water partition coefficient (Wildman–Crippen LogP) is 2.89. The van der Waals surface area contributed by atoms with Gasteiger partial charge < -0.3 is 14.8 Å². The highest BCUT2D eigenvalue weighted by molar-refractivity contribution is 7.92. The maximum absolute atomic E-state index is 12.5. The van der Waals surface area contributed by atoms with Crippen molar-refractivity contribution in [2.45, 2.75) is 12.8 Å². The first-order valence-electron chi connectivity index (χ1n) is 8.58. The van der Waals surface area contributed by atoms with E-state index in [-0.39, 0.29) is 11.7 Å². The summed E-state index contributed by atoms with van der Waals surface area (Å²) in [6, 6.07) is 11.7. The number of hydrogen-bond donors (Lipinski definition) is 1. The van der Waals surface area contributed by atoms with E-state index in [1.165, 1.54) is 18.5 Å². The van der Waals surface area contributed by atoms with Crippen LogP contribution >= 0.6 is 0 Å². The minimum Gasteiger partial charge on any atom is -0.497 e. The molecular formula is C19H22N2O5S. The second kappa shape index (κ2) is 7.87. The topological polar surface area (TPSA) is 84.9 Å². The summed E-state index contributed by atoms with van der Waals surface area (Å²) in [7, 11) is -0.217. The molecule has 0 radical (unpaired) electrons. The fourth-order valence-electron chi connectivity index (χ4n) is 2.93. The van der Waals surface area contributed by atoms with Crippen LogP contribution in [0.5, 0.6) is 11.5 Å². The highest BCUT2D eigenvalue weighted by Gasteiger charge is 2.25. The molecule has 0 bridgehead atoms. The standard InChI is InChI=1S/C19H22N2O5S/c1-25-17-11-14(12-18(13-17)26-2)19(22)20-15-5-7-16(8-6-15)21-9-3-4-10-27(21,23)24/h5-8,11-13H,3-4,9-10H2,1-2H3,(H,20,22). The smallest absolute Gasteiger partial charge is 0.255 e. The van der Waals surface area contributed by atoms with Gasteiger partial charge in [0.05, 0.1) is 25.7 Å². The number of sulfonamides is 1. The second-order valence-electron chi connectivity index (χ2n) is 6.20. The van der Waals surface area contributed by atoms with Crippen LogP contribution in [0.3, 0.4) is 0 Å². The number of carbonyl (C=O) groups is 1. The van der Waals surface area contributed by atoms with Crippen LogP contribution in [0.1, 0.15) is 23.2 Å². The fourth-order valence-corrected chi connectivity index (χ4v) is 4.57. The Balaban J connectivity index is 1.76. The van der Waals surface area contributed by atoms with Crippen molar-refractivity contribution >= 4 is 27.3 Å². The number of hydrogen-bond acceptors (Lipinski definition) is 5. The van der Waals surface area contributed by atoms with Gasteiger partial charge in [-0.2, -0.15) is 0 Å². The van der Waals surface area contributed by atoms with Gasteiger partial charge in [0.25, 0.3) is 5.91 Å². The highest BCUT2D eigenvalue weighted by atomic mass is 32.2. The van der Waals surface area contributed by atoms with E-state index in [1.54, 1.807) is 42.5 Å². The molecule has 2 aromatic rings. The monoisotopic (exact) mass is 390 g/mol. The van der Waals surface area contributed by atoms with Gasteiger partial charge in [-0.15, -0.1) is 0 Å². The van der Waals surface area contributed by atoms with Crippen LogP contribution < -0.4 is 19.1 Å². The van der Waals surface area contributed by atoms with Crippen LogP contribution in [0, 0.1) is 0 Å². The molecule has 0 atom stereocenters. The quantitative estimate of drug-likeness (QED) is 0.849. The van der Waals surface area contributed by atoms with Crippen molar-refractivity contribution in [3.8, 4) is 11.5 Å². The fraction of sp³-hybridized carbons (Fsp3) is 0.316. The first-order valence-corrected chi connectivity index (χ1v) is 10.2. The maximum Gasteiger partial charge on any atom is 0.255 e. The van der Waals surface area contributed by atoms with Crippen molar-refractivity contribution in [3.63, 3.8) is 0 Å². The lowest BCUT2D eigenvalue weighted by Crippen LogP contribution is -2.37. The lowest BCUT2D eigenvalue weighted by atomic mass is 10.1. The number of methoxy groups -OCH3 is 2. The normalized spacial score (nSPS) is 15.9. The van der Waals surface area contributed by atoms with Crippen molar-refractivity contribution in [2.24, 2.45) is 0 Å². The lowest BCUT2D eigenvalue weighted by molar-refractivity contribution is 0.102. The summed E-state index contributed by atoms with van der Waals surface area (Å²) >= 11 is 0. The average molecular weight is 390 g/mol. The van der Waals surface area contributed by atoms with Crippen LogP contribution in [0.4, 0.5) is 11.4 Å². The summed E-state index contributed by atoms with van der Waals surface area (Å²) in [5, 5.41) is 2.79. The number of nitrogens with one attached hydrogen (secondary N) is 1. The van der Waals surface area contributed by atoms with E-state index in [0.29, 0.717) is 41.4 Å². The largest absolute Gasteiger partial charge is 0.497 e. The number of amides is 1. The molecule has 1 N–H and O–H groups in total. The molecule has 0 aliphatic carbocycles. The zero-order chi connectivity index (χ0) is 19.4. The van der Waals surface area contributed by atoms with Gasteiger partial charge in [0.1, 0.15) is 11.5 Å². The van der Waals surface area contributed by atoms with Gasteiger partial charge in [0.2, 0.25) is 10.0 Å². The van der Waals surface area contributed by atoms with Crippen LogP contribution in [0.15, 0.2) is 42.5 Å². The van der Waals surface area contributed by atoms with Crippen molar-refractivity contribution in [1.82, 2.24) is 0 Å². The van der Waals surface area contributed by atoms with E-state index < -0.39 is 10.0 Å². The molecule has 0 spiro atoms. The predicted molar refractivity (Wildman–Crippen MR) is 104 cm³/mol. The zero-order valence-corrected chi connectivity index (χ0v) is 16.1. The molecule has 27 heavy (non-hydrogen) atoms. The molecule has 0 unspecified atom stereocenters. The summed E-state index contributed by atoms with van der Waals surface area (Å²) < 4.78 is 36.1. The van der Waals surface area contributed by atoms with Gasteiger partial charge >= 0.3 is 0 Å². The van der Waals surface area contributed by atoms with Crippen molar-refractivity contribution in [1.29, 1.82) is 0 Å². The Bertz CT molecular complexity index is 903. The molecule has 1 fully saturated rings. The summed E-state index contributed by atoms with van der Waals surface area (Å²) in [6.07, 6.45) is 1.53. The molecule has 8 heteroatoms. The zero-order valence-electron chi connectivity index (χ0n) is 15.3. The average Bonchev–Trinajstić information content (AvgIpc) is 2.68. The number of benzene rings is 2. The third-order valence-electron chi connectivity index (χ3n) is 4.38. The molecule has 1 aliphatic heterocycles. The first-order chi connectivity index (χ1) is 12.9. The van der Waals surface area contributed by atoms with Gasteiger partial charge in [-0.1, -0.05) is 0 Å². The van der Waals surface area contributed by atoms with E-state index in [9.17, 15) is 13.2 Å². The van der Waals surface area contributed by atoms with Crippen LogP contribution in [0.2, 0.25) is 0 Å². The molecule has 1 amide bonds. The number of nitrogens with zero attached hydrogens (tertiary/aromatic N) is 1. The summed E-state index contributed by atoms with van der Waals surface area (Å²) in [4.78, 5) is 12.5. The Morgan fingerprint density at radius 3 is 2.19 bits per heavy atom. The molecule has 144 valence electrons. The van der Waals surface area contributed by atoms with E-state index in [0.717, 1.165) is 6.42 Å². The minimum absolute atomic E-state index is 0.170. The van der Waals surface area contributed by atoms with Gasteiger partial charge in [0, 0.05) is 23.9 Å². The van der Waals surface area contributed by atoms with Crippen molar-refractivity contribution in [2.75, 3.05) is 36.1 Å². The molecule has 7 nitrogen and oxygen atoms in total. The first kappa shape index (κ1) is 19.0. The Morgan fingerprint density at radius 2 is 1.63 bits per heavy atom. The van der Waals surface area contributed by atoms with Crippen LogP contribution in [0.25, 0.3) is 0 Å². The number of rotatable bonds is 5. The molecule has 2 aromatic carbocycles. The Labute approximate surface area is 158 Å². The molecule has 1 heterocycles. The van der Waals surface area contributed by atoms with E-state index >= 15 is 0 Å². The highest BCUT2D eigenvalue weighted by Crippen LogP contribution is 2.26. The minimum atomic E-state index is -3.25. The number of ether oxygens (including phenoxy) is 2. The Hall–Kier alpha value is -2.74. The van der Waals surface area contributed by atoms with Crippen molar-refractivity contribution < 1.29 is 22.7 Å². The lowest BCUT2D eigenvalue weighted by Gasteiger charge is -2.28. The third-order valence-corrected chi connectivity index (χ3v) is 6.25. The molecule has 3 rings (SSSR count). The van der Waals surface area contributed by atoms with Gasteiger partial charge in [-0.3, -0.25) is 9.10 Å². The Kier molecular flexibility index (Phi) is 5.55. The summed E-state index contributed by atoms with van der Waals surface area (Å²) in [5.74, 6) is 0.893. The molecule has 0 aromatic heterocycles. The summed E-state index contributed by atoms with van der Waals surface area (Å²) in [5.41, 5.74) is 1.57. The van der Waals surface area contributed by atoms with Crippen LogP contribution in [-0.4, -0.2) is 40.8 Å². The molecular weight excluding hydrogens is 368 g/mol. The van der Waals surface area contributed by atoms with E-state index in [2.05, 4.69) is 5.32 Å². The number of carbonyl (C=O) groups excluding carboxylic acids is 1. The second-order valence-corrected chi connectivity index (χ2v) is 8.21. The summed E-state index contributed by atoms with van der Waals surface area (Å²) in [6.45, 7) is 0.484. The van der Waals surface area contributed by atoms with E-state index in [4.69, 9.17) is 9.47 Å². The van der Waals surface area contributed by atoms with Gasteiger partial charge in [-0.05, 0) is 49.2 Å². The van der Waals surface area contributed by atoms with Crippen molar-refractivity contribution in [3.05, 3.63) is 48.0 Å². The third kappa shape index (κ3) is 4.33. The van der Waals surface area contributed by atoms with Crippen LogP contribution in [-0.2, 0) is 10.0 Å². The van der Waals surface area contributed by atoms with E-state index in [1.807, 2.05) is 0 Å². The number of anilines is 2. The van der Waals surface area contributed by atoms with Gasteiger partial charge in [0.15, 0.2) is 0 Å². The molecule has 0 saturated carbocycles. The van der Waals surface area contributed by atoms with Gasteiger partial charge in [-0.25, -0.2) is 8.42 Å². The SMILES string of the molecule is COc1cc(OC)cc(C(=O)Nc2ccc(N3CCCCS3(=O)=O)cc2)c1. The maximum atomic E-state index is 12.5. The molecule has 1 aliphatic rings. The Morgan fingerprint density at radius 1 is 1.00 bits per heavy atom.